The lowest BCUT2D eigenvalue weighted by molar-refractivity contribution is 0.0949. The summed E-state index contributed by atoms with van der Waals surface area (Å²) in [5.41, 5.74) is 3.63. The Bertz CT molecular complexity index is 1240. The van der Waals surface area contributed by atoms with Crippen molar-refractivity contribution in [3.63, 3.8) is 0 Å². The number of fused-ring (bicyclic) bond motifs is 3. The Morgan fingerprint density at radius 1 is 1.09 bits per heavy atom. The quantitative estimate of drug-likeness (QED) is 0.440. The highest BCUT2D eigenvalue weighted by Crippen LogP contribution is 2.41. The molecule has 1 amide bonds. The fourth-order valence-corrected chi connectivity index (χ4v) is 4.47. The minimum atomic E-state index is -0.368. The highest BCUT2D eigenvalue weighted by Gasteiger charge is 2.27. The van der Waals surface area contributed by atoms with Crippen molar-refractivity contribution in [2.24, 2.45) is 0 Å². The Hall–Kier alpha value is -3.58. The second kappa shape index (κ2) is 11.2. The Labute approximate surface area is 205 Å². The SMILES string of the molecule is CCC1Cc2cc(OCCCOC)c(OC)cc2-c2cc(=O)c(C(=O)NCc3ccccc3)cn21. The van der Waals surface area contributed by atoms with Gasteiger partial charge in [-0.2, -0.15) is 0 Å². The fraction of sp³-hybridized carbons (Fsp3) is 0.357. The highest BCUT2D eigenvalue weighted by atomic mass is 16.5. The predicted molar refractivity (Wildman–Crippen MR) is 135 cm³/mol. The lowest BCUT2D eigenvalue weighted by Crippen LogP contribution is -2.31. The summed E-state index contributed by atoms with van der Waals surface area (Å²) in [5, 5.41) is 2.87. The van der Waals surface area contributed by atoms with Crippen LogP contribution in [0.1, 0.15) is 47.3 Å². The summed E-state index contributed by atoms with van der Waals surface area (Å²) in [5.74, 6) is 0.928. The zero-order valence-corrected chi connectivity index (χ0v) is 20.5. The number of carbonyl (C=O) groups is 1. The number of carbonyl (C=O) groups excluding carboxylic acids is 1. The summed E-state index contributed by atoms with van der Waals surface area (Å²) >= 11 is 0. The van der Waals surface area contributed by atoms with E-state index >= 15 is 0 Å². The first-order valence-corrected chi connectivity index (χ1v) is 12.0. The van der Waals surface area contributed by atoms with Gasteiger partial charge in [-0.05, 0) is 36.1 Å². The van der Waals surface area contributed by atoms with E-state index in [-0.39, 0.29) is 22.9 Å². The molecule has 0 saturated heterocycles. The van der Waals surface area contributed by atoms with Gasteiger partial charge in [0.15, 0.2) is 16.9 Å². The van der Waals surface area contributed by atoms with Crippen molar-refractivity contribution < 1.29 is 19.0 Å². The maximum absolute atomic E-state index is 13.0. The van der Waals surface area contributed by atoms with Crippen LogP contribution in [0.15, 0.2) is 59.5 Å². The second-order valence-corrected chi connectivity index (χ2v) is 8.63. The molecule has 184 valence electrons. The molecule has 0 saturated carbocycles. The van der Waals surface area contributed by atoms with Gasteiger partial charge in [-0.1, -0.05) is 37.3 Å². The van der Waals surface area contributed by atoms with E-state index in [9.17, 15) is 9.59 Å². The Morgan fingerprint density at radius 2 is 1.89 bits per heavy atom. The van der Waals surface area contributed by atoms with Gasteiger partial charge < -0.3 is 24.1 Å². The van der Waals surface area contributed by atoms with Crippen molar-refractivity contribution in [1.29, 1.82) is 0 Å². The topological polar surface area (TPSA) is 78.8 Å². The van der Waals surface area contributed by atoms with Crippen molar-refractivity contribution in [3.05, 3.63) is 81.6 Å². The van der Waals surface area contributed by atoms with Crippen molar-refractivity contribution >= 4 is 5.91 Å². The van der Waals surface area contributed by atoms with Gasteiger partial charge in [0, 0.05) is 50.6 Å². The number of aromatic nitrogens is 1. The third-order valence-corrected chi connectivity index (χ3v) is 6.36. The molecule has 1 aliphatic rings. The first-order valence-electron chi connectivity index (χ1n) is 12.0. The predicted octanol–water partition coefficient (Wildman–Crippen LogP) is 4.38. The van der Waals surface area contributed by atoms with Gasteiger partial charge in [0.25, 0.3) is 5.91 Å². The molecule has 0 radical (unpaired) electrons. The summed E-state index contributed by atoms with van der Waals surface area (Å²) in [7, 11) is 3.27. The van der Waals surface area contributed by atoms with Gasteiger partial charge in [0.05, 0.1) is 19.4 Å². The van der Waals surface area contributed by atoms with Crippen LogP contribution >= 0.6 is 0 Å². The number of amides is 1. The largest absolute Gasteiger partial charge is 0.493 e. The maximum Gasteiger partial charge on any atom is 0.257 e. The Balaban J connectivity index is 1.65. The molecule has 3 aromatic rings. The van der Waals surface area contributed by atoms with E-state index in [1.165, 1.54) is 0 Å². The van der Waals surface area contributed by atoms with Crippen LogP contribution in [0, 0.1) is 0 Å². The standard InChI is InChI=1S/C28H32N2O5/c1-4-21-13-20-14-27(35-12-8-11-33-2)26(34-3)15-22(20)24-16-25(31)23(18-30(21)24)28(32)29-17-19-9-6-5-7-10-19/h5-7,9-10,14-16,18,21H,4,8,11-13,17H2,1-3H3,(H,29,32). The molecular formula is C28H32N2O5. The van der Waals surface area contributed by atoms with Crippen molar-refractivity contribution in [2.75, 3.05) is 27.4 Å². The summed E-state index contributed by atoms with van der Waals surface area (Å²) in [6.07, 6.45) is 4.11. The van der Waals surface area contributed by atoms with Crippen LogP contribution in [0.25, 0.3) is 11.3 Å². The normalized spacial score (nSPS) is 14.1. The molecule has 0 bridgehead atoms. The number of methoxy groups -OCH3 is 2. The molecule has 7 heteroatoms. The van der Waals surface area contributed by atoms with Crippen LogP contribution in [0.3, 0.4) is 0 Å². The zero-order chi connectivity index (χ0) is 24.8. The maximum atomic E-state index is 13.0. The molecule has 35 heavy (non-hydrogen) atoms. The molecule has 1 aliphatic heterocycles. The minimum Gasteiger partial charge on any atom is -0.493 e. The first kappa shape index (κ1) is 24.5. The molecule has 1 aromatic heterocycles. The highest BCUT2D eigenvalue weighted by molar-refractivity contribution is 5.94. The third-order valence-electron chi connectivity index (χ3n) is 6.36. The molecule has 0 fully saturated rings. The molecule has 2 heterocycles. The number of nitrogens with one attached hydrogen (secondary N) is 1. The lowest BCUT2D eigenvalue weighted by atomic mass is 9.90. The van der Waals surface area contributed by atoms with Crippen LogP contribution < -0.4 is 20.2 Å². The van der Waals surface area contributed by atoms with E-state index in [4.69, 9.17) is 14.2 Å². The van der Waals surface area contributed by atoms with Gasteiger partial charge in [0.2, 0.25) is 0 Å². The average molecular weight is 477 g/mol. The van der Waals surface area contributed by atoms with E-state index < -0.39 is 0 Å². The first-order chi connectivity index (χ1) is 17.0. The Morgan fingerprint density at radius 3 is 2.60 bits per heavy atom. The van der Waals surface area contributed by atoms with Crippen LogP contribution in [-0.4, -0.2) is 37.9 Å². The monoisotopic (exact) mass is 476 g/mol. The van der Waals surface area contributed by atoms with E-state index in [1.54, 1.807) is 26.5 Å². The smallest absolute Gasteiger partial charge is 0.257 e. The zero-order valence-electron chi connectivity index (χ0n) is 20.5. The molecule has 0 spiro atoms. The minimum absolute atomic E-state index is 0.119. The molecular weight excluding hydrogens is 444 g/mol. The van der Waals surface area contributed by atoms with Gasteiger partial charge in [-0.25, -0.2) is 0 Å². The van der Waals surface area contributed by atoms with Gasteiger partial charge in [0.1, 0.15) is 5.56 Å². The summed E-state index contributed by atoms with van der Waals surface area (Å²) in [6, 6.07) is 15.3. The number of rotatable bonds is 10. The summed E-state index contributed by atoms with van der Waals surface area (Å²) < 4.78 is 18.7. The van der Waals surface area contributed by atoms with Crippen molar-refractivity contribution in [1.82, 2.24) is 9.88 Å². The van der Waals surface area contributed by atoms with Crippen LogP contribution in [0.5, 0.6) is 11.5 Å². The van der Waals surface area contributed by atoms with Gasteiger partial charge >= 0.3 is 0 Å². The summed E-state index contributed by atoms with van der Waals surface area (Å²) in [6.45, 7) is 3.63. The van der Waals surface area contributed by atoms with E-state index in [0.29, 0.717) is 31.3 Å². The van der Waals surface area contributed by atoms with Crippen LogP contribution in [-0.2, 0) is 17.7 Å². The van der Waals surface area contributed by atoms with E-state index in [1.807, 2.05) is 42.5 Å². The molecule has 1 unspecified atom stereocenters. The molecule has 2 aromatic carbocycles. The lowest BCUT2D eigenvalue weighted by Gasteiger charge is -2.31. The molecule has 4 rings (SSSR count). The van der Waals surface area contributed by atoms with Crippen LogP contribution in [0.4, 0.5) is 0 Å². The number of hydrogen-bond acceptors (Lipinski definition) is 5. The number of pyridine rings is 1. The number of ether oxygens (including phenoxy) is 3. The second-order valence-electron chi connectivity index (χ2n) is 8.63. The van der Waals surface area contributed by atoms with Crippen molar-refractivity contribution in [2.45, 2.75) is 38.8 Å². The molecule has 0 aliphatic carbocycles. The van der Waals surface area contributed by atoms with Crippen LogP contribution in [0.2, 0.25) is 0 Å². The number of hydrogen-bond donors (Lipinski definition) is 1. The van der Waals surface area contributed by atoms with Crippen molar-refractivity contribution in [3.8, 4) is 22.8 Å². The number of nitrogens with zero attached hydrogens (tertiary/aromatic N) is 1. The Kier molecular flexibility index (Phi) is 7.87. The molecule has 1 N–H and O–H groups in total. The molecule has 7 nitrogen and oxygen atoms in total. The van der Waals surface area contributed by atoms with E-state index in [0.717, 1.165) is 41.6 Å². The average Bonchev–Trinajstić information content (AvgIpc) is 2.89. The van der Waals surface area contributed by atoms with Gasteiger partial charge in [-0.15, -0.1) is 0 Å². The number of benzene rings is 2. The molecule has 1 atom stereocenters. The third kappa shape index (κ3) is 5.41. The van der Waals surface area contributed by atoms with Gasteiger partial charge in [-0.3, -0.25) is 9.59 Å². The fourth-order valence-electron chi connectivity index (χ4n) is 4.47. The van der Waals surface area contributed by atoms with E-state index in [2.05, 4.69) is 16.8 Å². The summed E-state index contributed by atoms with van der Waals surface area (Å²) in [4.78, 5) is 25.9.